The van der Waals surface area contributed by atoms with Gasteiger partial charge in [0.15, 0.2) is 24.8 Å². The molecule has 26 heavy (non-hydrogen) atoms. The number of benzene rings is 1. The lowest BCUT2D eigenvalue weighted by atomic mass is 9.97. The minimum atomic E-state index is -0.947. The van der Waals surface area contributed by atoms with Crippen LogP contribution in [-0.2, 0) is 38.0 Å². The number of hydrogen-bond acceptors (Lipinski definition) is 8. The fourth-order valence-electron chi connectivity index (χ4n) is 3.16. The van der Waals surface area contributed by atoms with Crippen molar-refractivity contribution in [2.45, 2.75) is 50.8 Å². The summed E-state index contributed by atoms with van der Waals surface area (Å²) in [6.07, 6.45) is -4.57. The van der Waals surface area contributed by atoms with Gasteiger partial charge in [0.05, 0.1) is 6.61 Å². The summed E-state index contributed by atoms with van der Waals surface area (Å²) in [5, 5.41) is 0. The highest BCUT2D eigenvalue weighted by molar-refractivity contribution is 5.67. The summed E-state index contributed by atoms with van der Waals surface area (Å²) < 4.78 is 33.6. The molecule has 2 aliphatic rings. The minimum absolute atomic E-state index is 0.217. The second-order valence-corrected chi connectivity index (χ2v) is 6.10. The van der Waals surface area contributed by atoms with Crippen LogP contribution in [0.15, 0.2) is 30.3 Å². The molecule has 2 fully saturated rings. The Morgan fingerprint density at radius 2 is 1.65 bits per heavy atom. The van der Waals surface area contributed by atoms with Crippen LogP contribution in [0.3, 0.4) is 0 Å². The molecule has 2 saturated heterocycles. The van der Waals surface area contributed by atoms with Gasteiger partial charge in [-0.05, 0) is 0 Å². The van der Waals surface area contributed by atoms with E-state index < -0.39 is 48.9 Å². The van der Waals surface area contributed by atoms with E-state index in [1.165, 1.54) is 21.0 Å². The van der Waals surface area contributed by atoms with Crippen molar-refractivity contribution in [3.05, 3.63) is 35.9 Å². The Hall–Kier alpha value is -2.00. The summed E-state index contributed by atoms with van der Waals surface area (Å²) in [6, 6.07) is 9.38. The fraction of sp³-hybridized carbons (Fsp3) is 0.556. The molecule has 142 valence electrons. The van der Waals surface area contributed by atoms with Crippen LogP contribution in [0, 0.1) is 0 Å². The first-order chi connectivity index (χ1) is 12.5. The molecule has 2 heterocycles. The van der Waals surface area contributed by atoms with Crippen LogP contribution in [-0.4, -0.2) is 56.4 Å². The van der Waals surface area contributed by atoms with Crippen LogP contribution >= 0.6 is 0 Å². The zero-order chi connectivity index (χ0) is 18.7. The molecular formula is C18H22O8. The van der Waals surface area contributed by atoms with E-state index >= 15 is 0 Å². The molecule has 2 aliphatic heterocycles. The Morgan fingerprint density at radius 3 is 2.27 bits per heavy atom. The summed E-state index contributed by atoms with van der Waals surface area (Å²) in [6.45, 7) is 2.76. The van der Waals surface area contributed by atoms with Gasteiger partial charge in [-0.2, -0.15) is 0 Å². The van der Waals surface area contributed by atoms with Crippen LogP contribution in [0.4, 0.5) is 0 Å². The highest BCUT2D eigenvalue weighted by atomic mass is 16.8. The maximum atomic E-state index is 11.6. The minimum Gasteiger partial charge on any atom is -0.455 e. The van der Waals surface area contributed by atoms with Crippen molar-refractivity contribution in [2.75, 3.05) is 13.7 Å². The third-order valence-corrected chi connectivity index (χ3v) is 4.19. The topological polar surface area (TPSA) is 89.5 Å². The molecule has 0 saturated carbocycles. The van der Waals surface area contributed by atoms with E-state index in [4.69, 9.17) is 28.4 Å². The number of fused-ring (bicyclic) bond motifs is 1. The van der Waals surface area contributed by atoms with Crippen molar-refractivity contribution in [3.8, 4) is 0 Å². The van der Waals surface area contributed by atoms with Crippen molar-refractivity contribution >= 4 is 11.9 Å². The molecule has 8 nitrogen and oxygen atoms in total. The van der Waals surface area contributed by atoms with Gasteiger partial charge in [0.1, 0.15) is 12.2 Å². The van der Waals surface area contributed by atoms with Gasteiger partial charge in [-0.3, -0.25) is 9.59 Å². The summed E-state index contributed by atoms with van der Waals surface area (Å²) in [7, 11) is 1.42. The number of methoxy groups -OCH3 is 1. The second kappa shape index (κ2) is 8.13. The van der Waals surface area contributed by atoms with Crippen LogP contribution in [0.2, 0.25) is 0 Å². The number of carbonyl (C=O) groups excluding carboxylic acids is 2. The first-order valence-corrected chi connectivity index (χ1v) is 8.34. The van der Waals surface area contributed by atoms with E-state index in [0.29, 0.717) is 0 Å². The predicted molar refractivity (Wildman–Crippen MR) is 86.8 cm³/mol. The molecule has 0 unspecified atom stereocenters. The molecule has 0 amide bonds. The predicted octanol–water partition coefficient (Wildman–Crippen LogP) is 1.34. The summed E-state index contributed by atoms with van der Waals surface area (Å²) >= 11 is 0. The third kappa shape index (κ3) is 4.04. The molecule has 8 heteroatoms. The number of hydrogen-bond donors (Lipinski definition) is 0. The van der Waals surface area contributed by atoms with Gasteiger partial charge in [0.25, 0.3) is 0 Å². The highest BCUT2D eigenvalue weighted by Crippen LogP contribution is 2.36. The standard InChI is InChI=1S/C18H22O8/c1-10(19)23-15-14-13(25-18(21-3)16(15)24-11(2)20)9-22-17(26-14)12-7-5-4-6-8-12/h4-8,13-18H,9H2,1-3H3/t13-,14+,15-,16-,17+,18-/m1/s1. The highest BCUT2D eigenvalue weighted by Gasteiger charge is 2.53. The van der Waals surface area contributed by atoms with Gasteiger partial charge < -0.3 is 28.4 Å². The first kappa shape index (κ1) is 18.8. The number of carbonyl (C=O) groups is 2. The van der Waals surface area contributed by atoms with Gasteiger partial charge in [-0.1, -0.05) is 30.3 Å². The first-order valence-electron chi connectivity index (χ1n) is 8.34. The molecule has 0 spiro atoms. The third-order valence-electron chi connectivity index (χ3n) is 4.19. The fourth-order valence-corrected chi connectivity index (χ4v) is 3.16. The zero-order valence-electron chi connectivity index (χ0n) is 14.8. The molecule has 1 aromatic rings. The summed E-state index contributed by atoms with van der Waals surface area (Å²) in [5.74, 6) is -1.06. The lowest BCUT2D eigenvalue weighted by molar-refractivity contribution is -0.359. The van der Waals surface area contributed by atoms with Crippen LogP contribution < -0.4 is 0 Å². The van der Waals surface area contributed by atoms with Gasteiger partial charge in [0, 0.05) is 26.5 Å². The molecule has 0 aliphatic carbocycles. The van der Waals surface area contributed by atoms with Crippen molar-refractivity contribution in [1.82, 2.24) is 0 Å². The van der Waals surface area contributed by atoms with E-state index in [2.05, 4.69) is 0 Å². The van der Waals surface area contributed by atoms with E-state index in [0.717, 1.165) is 5.56 Å². The van der Waals surface area contributed by atoms with Crippen LogP contribution in [0.25, 0.3) is 0 Å². The molecule has 1 aromatic carbocycles. The molecule has 0 bridgehead atoms. The monoisotopic (exact) mass is 366 g/mol. The van der Waals surface area contributed by atoms with E-state index in [9.17, 15) is 9.59 Å². The smallest absolute Gasteiger partial charge is 0.303 e. The number of ether oxygens (including phenoxy) is 6. The van der Waals surface area contributed by atoms with Gasteiger partial charge in [-0.15, -0.1) is 0 Å². The lowest BCUT2D eigenvalue weighted by Crippen LogP contribution is -2.64. The van der Waals surface area contributed by atoms with Crippen molar-refractivity contribution < 1.29 is 38.0 Å². The Labute approximate surface area is 151 Å². The molecule has 6 atom stereocenters. The molecule has 0 radical (unpaired) electrons. The van der Waals surface area contributed by atoms with E-state index in [1.807, 2.05) is 30.3 Å². The molecule has 0 N–H and O–H groups in total. The summed E-state index contributed by atoms with van der Waals surface area (Å²) in [4.78, 5) is 23.1. The SMILES string of the molecule is CO[C@@H]1O[C@@H]2CO[C@H](c3ccccc3)O[C@@H]2[C@@H](OC(C)=O)[C@H]1OC(C)=O. The number of esters is 2. The van der Waals surface area contributed by atoms with Gasteiger partial charge >= 0.3 is 11.9 Å². The number of rotatable bonds is 4. The van der Waals surface area contributed by atoms with Crippen molar-refractivity contribution in [1.29, 1.82) is 0 Å². The average Bonchev–Trinajstić information content (AvgIpc) is 2.63. The second-order valence-electron chi connectivity index (χ2n) is 6.10. The van der Waals surface area contributed by atoms with Gasteiger partial charge in [-0.25, -0.2) is 0 Å². The summed E-state index contributed by atoms with van der Waals surface area (Å²) in [5.41, 5.74) is 0.824. The van der Waals surface area contributed by atoms with Crippen molar-refractivity contribution in [2.24, 2.45) is 0 Å². The zero-order valence-corrected chi connectivity index (χ0v) is 14.8. The van der Waals surface area contributed by atoms with Crippen molar-refractivity contribution in [3.63, 3.8) is 0 Å². The molecular weight excluding hydrogens is 344 g/mol. The normalized spacial score (nSPS) is 33.8. The maximum absolute atomic E-state index is 11.6. The molecule has 0 aromatic heterocycles. The van der Waals surface area contributed by atoms with Crippen LogP contribution in [0.1, 0.15) is 25.7 Å². The average molecular weight is 366 g/mol. The quantitative estimate of drug-likeness (QED) is 0.738. The Morgan fingerprint density at radius 1 is 1.00 bits per heavy atom. The lowest BCUT2D eigenvalue weighted by Gasteiger charge is -2.47. The Bertz CT molecular complexity index is 633. The van der Waals surface area contributed by atoms with Gasteiger partial charge in [0.2, 0.25) is 0 Å². The largest absolute Gasteiger partial charge is 0.455 e. The van der Waals surface area contributed by atoms with Crippen LogP contribution in [0.5, 0.6) is 0 Å². The Balaban J connectivity index is 1.86. The Kier molecular flexibility index (Phi) is 5.87. The maximum Gasteiger partial charge on any atom is 0.303 e. The van der Waals surface area contributed by atoms with E-state index in [-0.39, 0.29) is 6.61 Å². The molecule has 3 rings (SSSR count). The van der Waals surface area contributed by atoms with E-state index in [1.54, 1.807) is 0 Å².